The number of carbonyl (C=O) groups excluding carboxylic acids is 2. The van der Waals surface area contributed by atoms with E-state index >= 15 is 0 Å². The number of aromatic nitrogens is 5. The number of hydrogen-bond acceptors (Lipinski definition) is 6. The van der Waals surface area contributed by atoms with Crippen LogP contribution in [0.5, 0.6) is 0 Å². The maximum Gasteiger partial charge on any atom is 0.164 e. The Morgan fingerprint density at radius 3 is 2.69 bits per heavy atom. The second-order valence-electron chi connectivity index (χ2n) is 10.8. The maximum atomic E-state index is 13.5. The first kappa shape index (κ1) is 22.8. The summed E-state index contributed by atoms with van der Waals surface area (Å²) in [4.78, 5) is 28.5. The molecule has 184 valence electrons. The summed E-state index contributed by atoms with van der Waals surface area (Å²) in [6, 6.07) is 2.05. The van der Waals surface area contributed by atoms with E-state index in [9.17, 15) is 9.59 Å². The topological polar surface area (TPSA) is 82.7 Å². The molecule has 7 nitrogen and oxygen atoms in total. The molecule has 3 aromatic heterocycles. The molecule has 3 aliphatic rings. The molecule has 3 aromatic rings. The van der Waals surface area contributed by atoms with Crippen molar-refractivity contribution in [2.45, 2.75) is 77.6 Å². The van der Waals surface area contributed by atoms with E-state index in [-0.39, 0.29) is 11.7 Å². The Balaban J connectivity index is 1.25. The Hall–Kier alpha value is -2.61. The summed E-state index contributed by atoms with van der Waals surface area (Å²) in [5, 5.41) is 13.1. The minimum atomic E-state index is 0.235. The molecular weight excluding hydrogens is 458 g/mol. The molecular formula is C27H33N5O2S. The van der Waals surface area contributed by atoms with E-state index in [1.807, 2.05) is 29.3 Å². The molecule has 2 fully saturated rings. The van der Waals surface area contributed by atoms with Gasteiger partial charge in [-0.1, -0.05) is 12.8 Å². The highest BCUT2D eigenvalue weighted by molar-refractivity contribution is 7.12. The average Bonchev–Trinajstić information content (AvgIpc) is 3.74. The highest BCUT2D eigenvalue weighted by Gasteiger charge is 2.34. The van der Waals surface area contributed by atoms with Crippen molar-refractivity contribution in [3.8, 4) is 5.82 Å². The van der Waals surface area contributed by atoms with Gasteiger partial charge in [-0.3, -0.25) is 18.8 Å². The summed E-state index contributed by atoms with van der Waals surface area (Å²) in [6.45, 7) is 1.99. The number of Topliss-reactive ketones (excluding diaryl/α,β-unsaturated/α-hetero) is 2. The SMILES string of the molecule is Cc1cc(-n2cnnc2C[C@@H]2CCc3sc(CC(=O)C4CC4)c(C(=O)CCC4CC4)c3C2)n(C)n1. The minimum absolute atomic E-state index is 0.235. The Morgan fingerprint density at radius 2 is 1.97 bits per heavy atom. The summed E-state index contributed by atoms with van der Waals surface area (Å²) >= 11 is 1.74. The quantitative estimate of drug-likeness (QED) is 0.387. The monoisotopic (exact) mass is 491 g/mol. The molecule has 2 saturated carbocycles. The molecule has 0 radical (unpaired) electrons. The fourth-order valence-electron chi connectivity index (χ4n) is 5.58. The predicted octanol–water partition coefficient (Wildman–Crippen LogP) is 4.61. The van der Waals surface area contributed by atoms with E-state index in [0.717, 1.165) is 78.6 Å². The summed E-state index contributed by atoms with van der Waals surface area (Å²) in [6.07, 6.45) is 12.1. The van der Waals surface area contributed by atoms with Gasteiger partial charge < -0.3 is 0 Å². The predicted molar refractivity (Wildman–Crippen MR) is 134 cm³/mol. The Kier molecular flexibility index (Phi) is 5.95. The van der Waals surface area contributed by atoms with Crippen LogP contribution in [-0.2, 0) is 37.5 Å². The summed E-state index contributed by atoms with van der Waals surface area (Å²) in [5.74, 6) is 3.86. The molecule has 0 saturated heterocycles. The first-order valence-electron chi connectivity index (χ1n) is 13.1. The third kappa shape index (κ3) is 4.77. The highest BCUT2D eigenvalue weighted by Crippen LogP contribution is 2.41. The number of aryl methyl sites for hydroxylation is 3. The van der Waals surface area contributed by atoms with Gasteiger partial charge in [-0.05, 0) is 62.8 Å². The first-order chi connectivity index (χ1) is 17.0. The van der Waals surface area contributed by atoms with Gasteiger partial charge in [0.15, 0.2) is 5.78 Å². The van der Waals surface area contributed by atoms with Crippen LogP contribution in [0.25, 0.3) is 5.82 Å². The first-order valence-corrected chi connectivity index (χ1v) is 13.9. The van der Waals surface area contributed by atoms with Crippen molar-refractivity contribution in [2.24, 2.45) is 24.8 Å². The van der Waals surface area contributed by atoms with Gasteiger partial charge in [0.05, 0.1) is 5.69 Å². The van der Waals surface area contributed by atoms with Gasteiger partial charge in [0.25, 0.3) is 0 Å². The lowest BCUT2D eigenvalue weighted by atomic mass is 9.82. The minimum Gasteiger partial charge on any atom is -0.299 e. The van der Waals surface area contributed by atoms with Crippen molar-refractivity contribution >= 4 is 22.9 Å². The van der Waals surface area contributed by atoms with Crippen LogP contribution in [0.3, 0.4) is 0 Å². The smallest absolute Gasteiger partial charge is 0.164 e. The Morgan fingerprint density at radius 1 is 1.14 bits per heavy atom. The van der Waals surface area contributed by atoms with Crippen molar-refractivity contribution in [3.63, 3.8) is 0 Å². The van der Waals surface area contributed by atoms with Crippen molar-refractivity contribution in [1.82, 2.24) is 24.5 Å². The zero-order chi connectivity index (χ0) is 24.1. The van der Waals surface area contributed by atoms with Gasteiger partial charge in [0.2, 0.25) is 0 Å². The van der Waals surface area contributed by atoms with Crippen molar-refractivity contribution in [3.05, 3.63) is 44.8 Å². The van der Waals surface area contributed by atoms with E-state index in [4.69, 9.17) is 0 Å². The van der Waals surface area contributed by atoms with Gasteiger partial charge in [-0.15, -0.1) is 21.5 Å². The standard InChI is InChI=1S/C27H33N5O2S/c1-16-11-26(31(2)30-16)32-15-28-29-25(32)13-18-6-10-23-20(12-18)27(21(33)9-5-17-3-4-17)24(35-23)14-22(34)19-7-8-19/h11,15,17-19H,3-10,12-14H2,1-2H3/t18-/m1/s1. The van der Waals surface area contributed by atoms with Crippen LogP contribution >= 0.6 is 11.3 Å². The van der Waals surface area contributed by atoms with Gasteiger partial charge in [0, 0.05) is 53.6 Å². The molecule has 0 bridgehead atoms. The van der Waals surface area contributed by atoms with Crippen LogP contribution < -0.4 is 0 Å². The second-order valence-corrected chi connectivity index (χ2v) is 12.0. The highest BCUT2D eigenvalue weighted by atomic mass is 32.1. The number of nitrogens with zero attached hydrogens (tertiary/aromatic N) is 5. The van der Waals surface area contributed by atoms with Crippen molar-refractivity contribution in [2.75, 3.05) is 0 Å². The lowest BCUT2D eigenvalue weighted by Crippen LogP contribution is -2.20. The zero-order valence-electron chi connectivity index (χ0n) is 20.6. The van der Waals surface area contributed by atoms with Crippen LogP contribution in [0.4, 0.5) is 0 Å². The van der Waals surface area contributed by atoms with Crippen molar-refractivity contribution in [1.29, 1.82) is 0 Å². The molecule has 0 aliphatic heterocycles. The second kappa shape index (κ2) is 9.12. The lowest BCUT2D eigenvalue weighted by Gasteiger charge is -2.23. The number of carbonyl (C=O) groups is 2. The molecule has 3 heterocycles. The summed E-state index contributed by atoms with van der Waals surface area (Å²) in [7, 11) is 1.94. The Labute approximate surface area is 209 Å². The van der Waals surface area contributed by atoms with E-state index in [1.54, 1.807) is 17.7 Å². The largest absolute Gasteiger partial charge is 0.299 e. The van der Waals surface area contributed by atoms with Crippen molar-refractivity contribution < 1.29 is 9.59 Å². The van der Waals surface area contributed by atoms with E-state index < -0.39 is 0 Å². The van der Waals surface area contributed by atoms with E-state index in [0.29, 0.717) is 24.5 Å². The van der Waals surface area contributed by atoms with Crippen LogP contribution in [0, 0.1) is 24.7 Å². The molecule has 6 rings (SSSR count). The molecule has 0 N–H and O–H groups in total. The zero-order valence-corrected chi connectivity index (χ0v) is 21.4. The van der Waals surface area contributed by atoms with E-state index in [1.165, 1.54) is 23.3 Å². The van der Waals surface area contributed by atoms with Crippen LogP contribution in [0.15, 0.2) is 12.4 Å². The molecule has 0 spiro atoms. The van der Waals surface area contributed by atoms with Gasteiger partial charge in [-0.2, -0.15) is 5.10 Å². The average molecular weight is 492 g/mol. The molecule has 0 amide bonds. The van der Waals surface area contributed by atoms with Gasteiger partial charge in [0.1, 0.15) is 23.8 Å². The number of ketones is 2. The third-order valence-electron chi connectivity index (χ3n) is 7.87. The van der Waals surface area contributed by atoms with Gasteiger partial charge in [-0.25, -0.2) is 0 Å². The fraction of sp³-hybridized carbons (Fsp3) is 0.593. The third-order valence-corrected chi connectivity index (χ3v) is 9.16. The number of fused-ring (bicyclic) bond motifs is 1. The molecule has 35 heavy (non-hydrogen) atoms. The number of rotatable bonds is 10. The molecule has 8 heteroatoms. The fourth-order valence-corrected chi connectivity index (χ4v) is 6.96. The number of thiophene rings is 1. The maximum absolute atomic E-state index is 13.5. The summed E-state index contributed by atoms with van der Waals surface area (Å²) < 4.78 is 3.89. The summed E-state index contributed by atoms with van der Waals surface area (Å²) in [5.41, 5.74) is 3.10. The lowest BCUT2D eigenvalue weighted by molar-refractivity contribution is -0.119. The molecule has 0 unspecified atom stereocenters. The molecule has 3 aliphatic carbocycles. The van der Waals surface area contributed by atoms with Crippen LogP contribution in [0.2, 0.25) is 0 Å². The van der Waals surface area contributed by atoms with Crippen LogP contribution in [0.1, 0.15) is 82.1 Å². The molecule has 0 aromatic carbocycles. The number of hydrogen-bond donors (Lipinski definition) is 0. The van der Waals surface area contributed by atoms with Crippen LogP contribution in [-0.4, -0.2) is 36.1 Å². The van der Waals surface area contributed by atoms with Gasteiger partial charge >= 0.3 is 0 Å². The Bertz CT molecular complexity index is 1280. The normalized spacial score (nSPS) is 19.7. The molecule has 1 atom stereocenters. The van der Waals surface area contributed by atoms with E-state index in [2.05, 4.69) is 15.3 Å².